The summed E-state index contributed by atoms with van der Waals surface area (Å²) in [5.41, 5.74) is 0.737. The van der Waals surface area contributed by atoms with E-state index in [0.717, 1.165) is 5.69 Å². The van der Waals surface area contributed by atoms with Crippen LogP contribution in [0.3, 0.4) is 0 Å². The van der Waals surface area contributed by atoms with Crippen molar-refractivity contribution in [2.24, 2.45) is 0 Å². The zero-order chi connectivity index (χ0) is 13.0. The van der Waals surface area contributed by atoms with Crippen LogP contribution in [0.4, 0.5) is 11.6 Å². The Labute approximate surface area is 119 Å². The first-order chi connectivity index (χ1) is 8.69. The maximum Gasteiger partial charge on any atom is 0.225 e. The molecule has 0 saturated carbocycles. The molecule has 94 valence electrons. The van der Waals surface area contributed by atoms with Crippen LogP contribution in [0.5, 0.6) is 0 Å². The molecule has 18 heavy (non-hydrogen) atoms. The summed E-state index contributed by atoms with van der Waals surface area (Å²) < 4.78 is 0. The topological polar surface area (TPSA) is 65.6 Å². The number of thiocarbonyl (C=S) groups is 1. The molecule has 0 bridgehead atoms. The highest BCUT2D eigenvalue weighted by Gasteiger charge is 2.05. The Morgan fingerprint density at radius 1 is 1.39 bits per heavy atom. The van der Waals surface area contributed by atoms with Gasteiger partial charge < -0.3 is 10.6 Å². The van der Waals surface area contributed by atoms with E-state index < -0.39 is 0 Å². The molecule has 8 heteroatoms. The van der Waals surface area contributed by atoms with E-state index in [0.29, 0.717) is 21.2 Å². The Morgan fingerprint density at radius 3 is 2.83 bits per heavy atom. The van der Waals surface area contributed by atoms with Gasteiger partial charge in [-0.25, -0.2) is 5.10 Å². The molecule has 1 aromatic heterocycles. The Bertz CT molecular complexity index is 557. The number of nitrogens with zero attached hydrogens (tertiary/aromatic N) is 2. The van der Waals surface area contributed by atoms with Crippen molar-refractivity contribution < 1.29 is 0 Å². The smallest absolute Gasteiger partial charge is 0.225 e. The molecule has 0 aliphatic rings. The van der Waals surface area contributed by atoms with E-state index in [1.165, 1.54) is 11.8 Å². The molecule has 0 unspecified atom stereocenters. The number of nitrogens with one attached hydrogen (secondary N) is 3. The molecule has 5 nitrogen and oxygen atoms in total. The summed E-state index contributed by atoms with van der Waals surface area (Å²) in [5, 5.41) is 14.2. The van der Waals surface area contributed by atoms with Gasteiger partial charge in [0.1, 0.15) is 0 Å². The monoisotopic (exact) mass is 299 g/mol. The molecule has 0 spiro atoms. The Morgan fingerprint density at radius 2 is 2.17 bits per heavy atom. The molecule has 0 amide bonds. The van der Waals surface area contributed by atoms with Gasteiger partial charge in [-0.3, -0.25) is 0 Å². The highest BCUT2D eigenvalue weighted by Crippen LogP contribution is 2.20. The number of H-pyrrole nitrogens is 1. The molecule has 0 radical (unpaired) electrons. The van der Waals surface area contributed by atoms with Crippen molar-refractivity contribution in [1.82, 2.24) is 15.2 Å². The molecular formula is C10H10ClN5S2. The standard InChI is InChI=1S/C10H10ClN5S2/c1-18-10-14-8(15-16-10)13-9(17)12-7-5-3-2-4-6(7)11/h2-5H,1H3,(H3,12,13,14,15,16,17). The summed E-state index contributed by atoms with van der Waals surface area (Å²) in [6.45, 7) is 0. The van der Waals surface area contributed by atoms with Gasteiger partial charge in [0.05, 0.1) is 10.7 Å². The Hall–Kier alpha value is -1.31. The minimum atomic E-state index is 0.395. The highest BCUT2D eigenvalue weighted by molar-refractivity contribution is 7.98. The summed E-state index contributed by atoms with van der Waals surface area (Å²) in [5.74, 6) is 0.490. The van der Waals surface area contributed by atoms with Crippen molar-refractivity contribution >= 4 is 52.3 Å². The molecule has 1 aromatic carbocycles. The molecule has 1 heterocycles. The van der Waals surface area contributed by atoms with Gasteiger partial charge in [0.15, 0.2) is 5.11 Å². The SMILES string of the molecule is CSc1n[nH]c(NC(=S)Nc2ccccc2Cl)n1. The summed E-state index contributed by atoms with van der Waals surface area (Å²) in [6.07, 6.45) is 1.90. The first kappa shape index (κ1) is 13.1. The lowest BCUT2D eigenvalue weighted by atomic mass is 10.3. The lowest BCUT2D eigenvalue weighted by Crippen LogP contribution is -2.20. The quantitative estimate of drug-likeness (QED) is 0.598. The first-order valence-electron chi connectivity index (χ1n) is 4.98. The predicted molar refractivity (Wildman–Crippen MR) is 79.5 cm³/mol. The maximum absolute atomic E-state index is 6.01. The Balaban J connectivity index is 1.99. The van der Waals surface area contributed by atoms with E-state index in [4.69, 9.17) is 23.8 Å². The minimum absolute atomic E-state index is 0.395. The third-order valence-electron chi connectivity index (χ3n) is 2.00. The second-order valence-electron chi connectivity index (χ2n) is 3.23. The number of rotatable bonds is 3. The molecule has 3 N–H and O–H groups in total. The van der Waals surface area contributed by atoms with Crippen LogP contribution in [0.15, 0.2) is 29.4 Å². The number of aromatic amines is 1. The van der Waals surface area contributed by atoms with Crippen LogP contribution >= 0.6 is 35.6 Å². The van der Waals surface area contributed by atoms with Gasteiger partial charge >= 0.3 is 0 Å². The average Bonchev–Trinajstić information content (AvgIpc) is 2.80. The minimum Gasteiger partial charge on any atom is -0.331 e. The lowest BCUT2D eigenvalue weighted by Gasteiger charge is -2.09. The van der Waals surface area contributed by atoms with Crippen molar-refractivity contribution in [1.29, 1.82) is 0 Å². The largest absolute Gasteiger partial charge is 0.331 e. The van der Waals surface area contributed by atoms with Gasteiger partial charge in [-0.05, 0) is 30.6 Å². The molecule has 0 atom stereocenters. The van der Waals surface area contributed by atoms with Crippen LogP contribution in [0, 0.1) is 0 Å². The van der Waals surface area contributed by atoms with Crippen molar-refractivity contribution in [2.75, 3.05) is 16.9 Å². The van der Waals surface area contributed by atoms with Gasteiger partial charge in [-0.1, -0.05) is 35.5 Å². The molecular weight excluding hydrogens is 290 g/mol. The molecule has 2 rings (SSSR count). The number of benzene rings is 1. The fourth-order valence-electron chi connectivity index (χ4n) is 1.22. The van der Waals surface area contributed by atoms with Gasteiger partial charge in [-0.2, -0.15) is 4.98 Å². The highest BCUT2D eigenvalue weighted by atomic mass is 35.5. The number of hydrogen-bond donors (Lipinski definition) is 3. The van der Waals surface area contributed by atoms with E-state index in [-0.39, 0.29) is 0 Å². The first-order valence-corrected chi connectivity index (χ1v) is 6.99. The van der Waals surface area contributed by atoms with Crippen molar-refractivity contribution in [3.05, 3.63) is 29.3 Å². The fraction of sp³-hybridized carbons (Fsp3) is 0.100. The molecule has 0 saturated heterocycles. The number of aromatic nitrogens is 3. The van der Waals surface area contributed by atoms with Gasteiger partial charge in [-0.15, -0.1) is 5.10 Å². The zero-order valence-corrected chi connectivity index (χ0v) is 11.8. The van der Waals surface area contributed by atoms with Crippen molar-refractivity contribution in [3.8, 4) is 0 Å². The Kier molecular flexibility index (Phi) is 4.40. The van der Waals surface area contributed by atoms with Gasteiger partial charge in [0.2, 0.25) is 11.1 Å². The number of para-hydroxylation sites is 1. The summed E-state index contributed by atoms with van der Waals surface area (Å²) in [4.78, 5) is 4.16. The summed E-state index contributed by atoms with van der Waals surface area (Å²) in [7, 11) is 0. The predicted octanol–water partition coefficient (Wildman–Crippen LogP) is 2.99. The molecule has 0 aliphatic carbocycles. The van der Waals surface area contributed by atoms with E-state index >= 15 is 0 Å². The van der Waals surface area contributed by atoms with Crippen molar-refractivity contribution in [2.45, 2.75) is 5.16 Å². The molecule has 2 aromatic rings. The summed E-state index contributed by atoms with van der Waals surface area (Å²) >= 11 is 12.6. The second-order valence-corrected chi connectivity index (χ2v) is 4.82. The van der Waals surface area contributed by atoms with E-state index in [1.54, 1.807) is 6.07 Å². The number of halogens is 1. The van der Waals surface area contributed by atoms with Crippen molar-refractivity contribution in [3.63, 3.8) is 0 Å². The number of hydrogen-bond acceptors (Lipinski definition) is 4. The normalized spacial score (nSPS) is 10.1. The van der Waals surface area contributed by atoms with Crippen LogP contribution in [0.1, 0.15) is 0 Å². The lowest BCUT2D eigenvalue weighted by molar-refractivity contribution is 0.976. The number of anilines is 2. The third-order valence-corrected chi connectivity index (χ3v) is 3.08. The fourth-order valence-corrected chi connectivity index (χ4v) is 1.93. The van der Waals surface area contributed by atoms with Crippen LogP contribution < -0.4 is 10.6 Å². The van der Waals surface area contributed by atoms with Crippen LogP contribution in [0.25, 0.3) is 0 Å². The van der Waals surface area contributed by atoms with E-state index in [9.17, 15) is 0 Å². The van der Waals surface area contributed by atoms with Gasteiger partial charge in [0.25, 0.3) is 0 Å². The van der Waals surface area contributed by atoms with Gasteiger partial charge in [0, 0.05) is 0 Å². The third kappa shape index (κ3) is 3.34. The van der Waals surface area contributed by atoms with Crippen LogP contribution in [-0.4, -0.2) is 26.5 Å². The van der Waals surface area contributed by atoms with E-state index in [2.05, 4.69) is 25.8 Å². The van der Waals surface area contributed by atoms with Crippen LogP contribution in [-0.2, 0) is 0 Å². The average molecular weight is 300 g/mol. The van der Waals surface area contributed by atoms with E-state index in [1.807, 2.05) is 24.5 Å². The summed E-state index contributed by atoms with van der Waals surface area (Å²) in [6, 6.07) is 7.35. The van der Waals surface area contributed by atoms with Crippen LogP contribution in [0.2, 0.25) is 5.02 Å². The molecule has 0 aliphatic heterocycles. The zero-order valence-electron chi connectivity index (χ0n) is 9.40. The molecule has 0 fully saturated rings. The maximum atomic E-state index is 6.01. The second kappa shape index (κ2) is 6.03. The number of thioether (sulfide) groups is 1.